The van der Waals surface area contributed by atoms with Crippen molar-refractivity contribution in [3.05, 3.63) is 60.3 Å². The van der Waals surface area contributed by atoms with E-state index in [1.807, 2.05) is 0 Å². The quantitative estimate of drug-likeness (QED) is 0.802. The molecule has 0 aliphatic heterocycles. The Morgan fingerprint density at radius 1 is 1.05 bits per heavy atom. The van der Waals surface area contributed by atoms with Gasteiger partial charge in [0, 0.05) is 4.90 Å². The predicted molar refractivity (Wildman–Crippen MR) is 82.1 cm³/mol. The Morgan fingerprint density at radius 3 is 2.32 bits per heavy atom. The summed E-state index contributed by atoms with van der Waals surface area (Å²) in [5, 5.41) is 11.3. The zero-order valence-electron chi connectivity index (χ0n) is 11.8. The third-order valence-corrected chi connectivity index (χ3v) is 3.84. The molecule has 110 valence electrons. The fourth-order valence-corrected chi connectivity index (χ4v) is 2.67. The normalized spacial score (nSPS) is 9.50. The first-order valence-corrected chi connectivity index (χ1v) is 7.25. The van der Waals surface area contributed by atoms with Gasteiger partial charge in [-0.2, -0.15) is 19.9 Å². The van der Waals surface area contributed by atoms with Crippen molar-refractivity contribution in [1.29, 1.82) is 0 Å². The van der Waals surface area contributed by atoms with Crippen LogP contribution in [0, 0.1) is 6.92 Å². The topological polar surface area (TPSA) is 75.7 Å². The summed E-state index contributed by atoms with van der Waals surface area (Å²) in [6.45, 7) is 2.13. The van der Waals surface area contributed by atoms with Crippen molar-refractivity contribution in [1.82, 2.24) is 15.4 Å². The van der Waals surface area contributed by atoms with Crippen LogP contribution in [-0.2, 0) is 9.59 Å². The van der Waals surface area contributed by atoms with E-state index in [0.29, 0.717) is 0 Å². The minimum absolute atomic E-state index is 0.250. The fourth-order valence-electron chi connectivity index (χ4n) is 1.96. The minimum atomic E-state index is 0.250. The number of H-pyrrole nitrogens is 1. The van der Waals surface area contributed by atoms with Crippen LogP contribution in [-0.4, -0.2) is 21.6 Å². The van der Waals surface area contributed by atoms with Crippen LogP contribution in [0.15, 0.2) is 64.6 Å². The lowest BCUT2D eigenvalue weighted by molar-refractivity contribution is -0.191. The number of aromatic amines is 1. The highest BCUT2D eigenvalue weighted by Crippen LogP contribution is 2.29. The molecular weight excluding hydrogens is 298 g/mol. The molecule has 3 aromatic rings. The zero-order chi connectivity index (χ0) is 15.8. The van der Waals surface area contributed by atoms with Gasteiger partial charge in [-0.1, -0.05) is 48.2 Å². The Morgan fingerprint density at radius 2 is 1.73 bits per heavy atom. The van der Waals surface area contributed by atoms with E-state index in [1.165, 1.54) is 16.7 Å². The number of nitrogens with zero attached hydrogens (tertiary/aromatic N) is 2. The van der Waals surface area contributed by atoms with Crippen molar-refractivity contribution in [2.45, 2.75) is 16.8 Å². The Balaban J connectivity index is 0.000000545. The van der Waals surface area contributed by atoms with Gasteiger partial charge in [-0.05, 0) is 35.7 Å². The highest BCUT2D eigenvalue weighted by molar-refractivity contribution is 7.99. The molecule has 0 spiro atoms. The first-order valence-electron chi connectivity index (χ1n) is 6.43. The molecule has 0 bridgehead atoms. The van der Waals surface area contributed by atoms with Gasteiger partial charge in [0.05, 0.1) is 6.20 Å². The van der Waals surface area contributed by atoms with Crippen LogP contribution in [0.1, 0.15) is 5.56 Å². The molecule has 0 saturated carbocycles. The lowest BCUT2D eigenvalue weighted by atomic mass is 10.0. The SMILES string of the molecule is Cc1ccccc1-c1ccc(Sc2cn[nH]n2)cc1.O=C=O. The van der Waals surface area contributed by atoms with E-state index < -0.39 is 0 Å². The van der Waals surface area contributed by atoms with E-state index in [0.717, 1.165) is 9.92 Å². The van der Waals surface area contributed by atoms with Gasteiger partial charge in [-0.15, -0.1) is 5.10 Å². The van der Waals surface area contributed by atoms with Crippen LogP contribution in [0.25, 0.3) is 11.1 Å². The van der Waals surface area contributed by atoms with Crippen molar-refractivity contribution in [2.24, 2.45) is 0 Å². The third kappa shape index (κ3) is 4.15. The molecule has 0 radical (unpaired) electrons. The van der Waals surface area contributed by atoms with Gasteiger partial charge in [-0.3, -0.25) is 0 Å². The van der Waals surface area contributed by atoms with E-state index in [2.05, 4.69) is 70.9 Å². The Labute approximate surface area is 131 Å². The van der Waals surface area contributed by atoms with Crippen molar-refractivity contribution in [3.63, 3.8) is 0 Å². The molecule has 0 aliphatic carbocycles. The van der Waals surface area contributed by atoms with Crippen molar-refractivity contribution in [2.75, 3.05) is 0 Å². The first-order chi connectivity index (χ1) is 10.7. The molecule has 0 saturated heterocycles. The van der Waals surface area contributed by atoms with E-state index >= 15 is 0 Å². The molecule has 1 aromatic heterocycles. The Hall–Kier alpha value is -2.69. The molecule has 2 aromatic carbocycles. The third-order valence-electron chi connectivity index (χ3n) is 2.93. The van der Waals surface area contributed by atoms with Crippen molar-refractivity contribution < 1.29 is 9.59 Å². The molecule has 0 amide bonds. The molecule has 5 nitrogen and oxygen atoms in total. The maximum absolute atomic E-state index is 8.12. The number of benzene rings is 2. The molecule has 0 fully saturated rings. The van der Waals surface area contributed by atoms with Crippen LogP contribution < -0.4 is 0 Å². The number of hydrogen-bond donors (Lipinski definition) is 1. The zero-order valence-corrected chi connectivity index (χ0v) is 12.6. The average Bonchev–Trinajstić information content (AvgIpc) is 3.03. The highest BCUT2D eigenvalue weighted by atomic mass is 32.2. The van der Waals surface area contributed by atoms with Gasteiger partial charge in [-0.25, -0.2) is 0 Å². The van der Waals surface area contributed by atoms with Crippen molar-refractivity contribution >= 4 is 17.9 Å². The average molecular weight is 311 g/mol. The summed E-state index contributed by atoms with van der Waals surface area (Å²) in [7, 11) is 0. The van der Waals surface area contributed by atoms with Crippen LogP contribution in [0.3, 0.4) is 0 Å². The number of nitrogens with one attached hydrogen (secondary N) is 1. The van der Waals surface area contributed by atoms with Crippen LogP contribution in [0.2, 0.25) is 0 Å². The van der Waals surface area contributed by atoms with Gasteiger partial charge in [0.25, 0.3) is 0 Å². The molecule has 0 atom stereocenters. The predicted octanol–water partition coefficient (Wildman–Crippen LogP) is 3.35. The number of carbonyl (C=O) groups excluding carboxylic acids is 2. The molecule has 3 rings (SSSR count). The summed E-state index contributed by atoms with van der Waals surface area (Å²) < 4.78 is 0. The minimum Gasteiger partial charge on any atom is -0.197 e. The molecule has 22 heavy (non-hydrogen) atoms. The van der Waals surface area contributed by atoms with E-state index in [4.69, 9.17) is 9.59 Å². The standard InChI is InChI=1S/C15H13N3S.CO2/c1-11-4-2-3-5-14(11)12-6-8-13(9-7-12)19-15-10-16-18-17-15;2-1-3/h2-10H,1H3,(H,16,17,18);. The summed E-state index contributed by atoms with van der Waals surface area (Å²) in [5.41, 5.74) is 3.81. The van der Waals surface area contributed by atoms with E-state index in [9.17, 15) is 0 Å². The maximum Gasteiger partial charge on any atom is 0.373 e. The highest BCUT2D eigenvalue weighted by Gasteiger charge is 2.03. The fraction of sp³-hybridized carbons (Fsp3) is 0.0625. The lowest BCUT2D eigenvalue weighted by Gasteiger charge is -2.06. The molecule has 0 aliphatic rings. The maximum atomic E-state index is 8.12. The van der Waals surface area contributed by atoms with Gasteiger partial charge in [0.2, 0.25) is 0 Å². The van der Waals surface area contributed by atoms with Crippen molar-refractivity contribution in [3.8, 4) is 11.1 Å². The van der Waals surface area contributed by atoms with Crippen LogP contribution >= 0.6 is 11.8 Å². The molecule has 1 N–H and O–H groups in total. The monoisotopic (exact) mass is 311 g/mol. The first kappa shape index (κ1) is 15.7. The number of rotatable bonds is 3. The summed E-state index contributed by atoms with van der Waals surface area (Å²) in [6.07, 6.45) is 1.97. The Bertz CT molecular complexity index is 749. The molecule has 1 heterocycles. The Kier molecular flexibility index (Phi) is 5.65. The summed E-state index contributed by atoms with van der Waals surface area (Å²) in [5.74, 6) is 0. The lowest BCUT2D eigenvalue weighted by Crippen LogP contribution is -1.82. The summed E-state index contributed by atoms with van der Waals surface area (Å²) in [6, 6.07) is 16.9. The number of aryl methyl sites for hydroxylation is 1. The smallest absolute Gasteiger partial charge is 0.197 e. The number of aromatic nitrogens is 3. The van der Waals surface area contributed by atoms with E-state index in [-0.39, 0.29) is 6.15 Å². The number of hydrogen-bond acceptors (Lipinski definition) is 5. The molecular formula is C16H13N3O2S. The largest absolute Gasteiger partial charge is 0.373 e. The van der Waals surface area contributed by atoms with Gasteiger partial charge >= 0.3 is 6.15 Å². The van der Waals surface area contributed by atoms with Gasteiger partial charge in [0.15, 0.2) is 0 Å². The van der Waals surface area contributed by atoms with E-state index in [1.54, 1.807) is 18.0 Å². The van der Waals surface area contributed by atoms with Crippen LogP contribution in [0.4, 0.5) is 0 Å². The van der Waals surface area contributed by atoms with Crippen LogP contribution in [0.5, 0.6) is 0 Å². The second-order valence-corrected chi connectivity index (χ2v) is 5.43. The van der Waals surface area contributed by atoms with Gasteiger partial charge < -0.3 is 0 Å². The second-order valence-electron chi connectivity index (χ2n) is 4.33. The molecule has 0 unspecified atom stereocenters. The summed E-state index contributed by atoms with van der Waals surface area (Å²) >= 11 is 1.60. The summed E-state index contributed by atoms with van der Waals surface area (Å²) in [4.78, 5) is 17.4. The second kappa shape index (κ2) is 7.93. The molecule has 6 heteroatoms. The van der Waals surface area contributed by atoms with Gasteiger partial charge in [0.1, 0.15) is 5.03 Å².